The second kappa shape index (κ2) is 9.04. The molecule has 1 aromatic heterocycles. The van der Waals surface area contributed by atoms with Crippen LogP contribution in [0, 0.1) is 6.92 Å². The van der Waals surface area contributed by atoms with E-state index in [1.807, 2.05) is 80.5 Å². The fraction of sp³-hybridized carbons (Fsp3) is 0.292. The molecule has 2 aromatic carbocycles. The van der Waals surface area contributed by atoms with E-state index in [1.165, 1.54) is 12.8 Å². The molecule has 7 nitrogen and oxygen atoms in total. The van der Waals surface area contributed by atoms with Gasteiger partial charge in [0.05, 0.1) is 0 Å². The lowest BCUT2D eigenvalue weighted by molar-refractivity contribution is 0.102. The number of carbonyl (C=O) groups is 1. The molecule has 2 N–H and O–H groups in total. The summed E-state index contributed by atoms with van der Waals surface area (Å²) in [5.74, 6) is 2.35. The highest BCUT2D eigenvalue weighted by Gasteiger charge is 2.15. The van der Waals surface area contributed by atoms with Crippen LogP contribution in [0.4, 0.5) is 28.7 Å². The molecule has 1 amide bonds. The van der Waals surface area contributed by atoms with Crippen LogP contribution in [-0.2, 0) is 0 Å². The van der Waals surface area contributed by atoms with Crippen molar-refractivity contribution >= 4 is 34.6 Å². The first-order valence-corrected chi connectivity index (χ1v) is 10.5. The van der Waals surface area contributed by atoms with E-state index in [0.29, 0.717) is 5.56 Å². The Bertz CT molecular complexity index is 1060. The minimum atomic E-state index is -0.133. The van der Waals surface area contributed by atoms with Gasteiger partial charge in [0.15, 0.2) is 0 Å². The summed E-state index contributed by atoms with van der Waals surface area (Å²) in [5.41, 5.74) is 3.25. The molecule has 1 fully saturated rings. The largest absolute Gasteiger partial charge is 0.378 e. The second-order valence-electron chi connectivity index (χ2n) is 7.95. The van der Waals surface area contributed by atoms with Gasteiger partial charge in [-0.05, 0) is 62.2 Å². The number of hydrogen-bond donors (Lipinski definition) is 2. The summed E-state index contributed by atoms with van der Waals surface area (Å²) in [6.07, 6.45) is 2.41. The van der Waals surface area contributed by atoms with Gasteiger partial charge in [-0.15, -0.1) is 0 Å². The summed E-state index contributed by atoms with van der Waals surface area (Å²) < 4.78 is 0. The molecular formula is C24H28N6O. The van der Waals surface area contributed by atoms with Crippen LogP contribution in [-0.4, -0.2) is 43.1 Å². The lowest BCUT2D eigenvalue weighted by atomic mass is 10.1. The van der Waals surface area contributed by atoms with E-state index in [-0.39, 0.29) is 5.91 Å². The summed E-state index contributed by atoms with van der Waals surface area (Å²) >= 11 is 0. The molecule has 0 atom stereocenters. The lowest BCUT2D eigenvalue weighted by Gasteiger charge is -2.18. The third kappa shape index (κ3) is 5.12. The van der Waals surface area contributed by atoms with Gasteiger partial charge in [-0.2, -0.15) is 0 Å². The van der Waals surface area contributed by atoms with Crippen LogP contribution in [0.5, 0.6) is 0 Å². The summed E-state index contributed by atoms with van der Waals surface area (Å²) in [6, 6.07) is 17.2. The highest BCUT2D eigenvalue weighted by atomic mass is 16.1. The number of anilines is 5. The van der Waals surface area contributed by atoms with Gasteiger partial charge in [0.2, 0.25) is 0 Å². The van der Waals surface area contributed by atoms with Crippen LogP contribution in [0.1, 0.15) is 29.0 Å². The Hall–Kier alpha value is -3.61. The zero-order chi connectivity index (χ0) is 21.8. The Morgan fingerprint density at radius 1 is 0.968 bits per heavy atom. The SMILES string of the molecule is Cc1nc(Nc2ccc(NC(=O)c3cccc(N(C)C)c3)cc2)cc(N2CCCC2)n1. The lowest BCUT2D eigenvalue weighted by Crippen LogP contribution is -2.19. The second-order valence-corrected chi connectivity index (χ2v) is 7.95. The van der Waals surface area contributed by atoms with Gasteiger partial charge in [0.1, 0.15) is 17.5 Å². The van der Waals surface area contributed by atoms with Crippen molar-refractivity contribution < 1.29 is 4.79 Å². The van der Waals surface area contributed by atoms with Gasteiger partial charge in [-0.3, -0.25) is 4.79 Å². The van der Waals surface area contributed by atoms with Gasteiger partial charge < -0.3 is 20.4 Å². The molecule has 31 heavy (non-hydrogen) atoms. The van der Waals surface area contributed by atoms with Crippen molar-refractivity contribution in [2.24, 2.45) is 0 Å². The normalized spacial score (nSPS) is 13.2. The summed E-state index contributed by atoms with van der Waals surface area (Å²) in [4.78, 5) is 26.0. The maximum Gasteiger partial charge on any atom is 0.255 e. The fourth-order valence-electron chi connectivity index (χ4n) is 3.64. The van der Waals surface area contributed by atoms with E-state index < -0.39 is 0 Å². The van der Waals surface area contributed by atoms with E-state index in [9.17, 15) is 4.79 Å². The maximum atomic E-state index is 12.6. The van der Waals surface area contributed by atoms with E-state index in [2.05, 4.69) is 25.5 Å². The van der Waals surface area contributed by atoms with Crippen molar-refractivity contribution in [2.45, 2.75) is 19.8 Å². The molecule has 2 heterocycles. The molecular weight excluding hydrogens is 388 g/mol. The summed E-state index contributed by atoms with van der Waals surface area (Å²) in [6.45, 7) is 4.00. The van der Waals surface area contributed by atoms with Gasteiger partial charge in [-0.25, -0.2) is 9.97 Å². The predicted molar refractivity (Wildman–Crippen MR) is 127 cm³/mol. The average Bonchev–Trinajstić information content (AvgIpc) is 3.30. The summed E-state index contributed by atoms with van der Waals surface area (Å²) in [5, 5.41) is 6.30. The van der Waals surface area contributed by atoms with Crippen LogP contribution in [0.2, 0.25) is 0 Å². The first-order chi connectivity index (χ1) is 15.0. The topological polar surface area (TPSA) is 73.4 Å². The quantitative estimate of drug-likeness (QED) is 0.619. The van der Waals surface area contributed by atoms with Crippen molar-refractivity contribution in [3.63, 3.8) is 0 Å². The molecule has 7 heteroatoms. The van der Waals surface area contributed by atoms with Crippen LogP contribution >= 0.6 is 0 Å². The molecule has 160 valence electrons. The van der Waals surface area contributed by atoms with E-state index >= 15 is 0 Å². The van der Waals surface area contributed by atoms with Gasteiger partial charge >= 0.3 is 0 Å². The molecule has 1 saturated heterocycles. The smallest absolute Gasteiger partial charge is 0.255 e. The number of carbonyl (C=O) groups excluding carboxylic acids is 1. The van der Waals surface area contributed by atoms with E-state index in [1.54, 1.807) is 0 Å². The zero-order valence-electron chi connectivity index (χ0n) is 18.2. The third-order valence-corrected chi connectivity index (χ3v) is 5.29. The first-order valence-electron chi connectivity index (χ1n) is 10.5. The molecule has 0 unspecified atom stereocenters. The molecule has 0 saturated carbocycles. The number of benzene rings is 2. The van der Waals surface area contributed by atoms with Crippen molar-refractivity contribution in [2.75, 3.05) is 47.6 Å². The number of amides is 1. The van der Waals surface area contributed by atoms with Gasteiger partial charge in [-0.1, -0.05) is 6.07 Å². The minimum Gasteiger partial charge on any atom is -0.378 e. The van der Waals surface area contributed by atoms with Crippen LogP contribution in [0.25, 0.3) is 0 Å². The maximum absolute atomic E-state index is 12.6. The van der Waals surface area contributed by atoms with Crippen molar-refractivity contribution in [3.05, 3.63) is 66.0 Å². The number of nitrogens with one attached hydrogen (secondary N) is 2. The van der Waals surface area contributed by atoms with Crippen molar-refractivity contribution in [3.8, 4) is 0 Å². The standard InChI is InChI=1S/C24H28N6O/c1-17-25-22(16-23(26-17)30-13-4-5-14-30)27-19-9-11-20(12-10-19)28-24(31)18-7-6-8-21(15-18)29(2)3/h6-12,15-16H,4-5,13-14H2,1-3H3,(H,28,31)(H,25,26,27). The fourth-order valence-corrected chi connectivity index (χ4v) is 3.64. The first kappa shape index (κ1) is 20.7. The predicted octanol–water partition coefficient (Wildman–Crippen LogP) is 4.45. The minimum absolute atomic E-state index is 0.133. The Morgan fingerprint density at radius 2 is 1.68 bits per heavy atom. The molecule has 0 bridgehead atoms. The Labute approximate surface area is 183 Å². The molecule has 1 aliphatic heterocycles. The van der Waals surface area contributed by atoms with Crippen molar-refractivity contribution in [1.82, 2.24) is 9.97 Å². The molecule has 0 aliphatic carbocycles. The van der Waals surface area contributed by atoms with Gasteiger partial charge in [0.25, 0.3) is 5.91 Å². The number of nitrogens with zero attached hydrogens (tertiary/aromatic N) is 4. The highest BCUT2D eigenvalue weighted by molar-refractivity contribution is 6.04. The van der Waals surface area contributed by atoms with E-state index in [0.717, 1.165) is 47.6 Å². The highest BCUT2D eigenvalue weighted by Crippen LogP contribution is 2.24. The monoisotopic (exact) mass is 416 g/mol. The van der Waals surface area contributed by atoms with Gasteiger partial charge in [0, 0.05) is 55.9 Å². The number of aryl methyl sites for hydroxylation is 1. The Kier molecular flexibility index (Phi) is 6.02. The molecule has 3 aromatic rings. The Morgan fingerprint density at radius 3 is 2.39 bits per heavy atom. The van der Waals surface area contributed by atoms with Crippen LogP contribution < -0.4 is 20.4 Å². The molecule has 0 spiro atoms. The summed E-state index contributed by atoms with van der Waals surface area (Å²) in [7, 11) is 3.91. The molecule has 4 rings (SSSR count). The molecule has 1 aliphatic rings. The number of hydrogen-bond acceptors (Lipinski definition) is 6. The Balaban J connectivity index is 1.43. The average molecular weight is 417 g/mol. The number of aromatic nitrogens is 2. The van der Waals surface area contributed by atoms with Crippen molar-refractivity contribution in [1.29, 1.82) is 0 Å². The zero-order valence-corrected chi connectivity index (χ0v) is 18.2. The van der Waals surface area contributed by atoms with E-state index in [4.69, 9.17) is 0 Å². The number of rotatable bonds is 6. The third-order valence-electron chi connectivity index (χ3n) is 5.29. The molecule has 0 radical (unpaired) electrons. The van der Waals surface area contributed by atoms with Crippen LogP contribution in [0.3, 0.4) is 0 Å². The van der Waals surface area contributed by atoms with Crippen LogP contribution in [0.15, 0.2) is 54.6 Å².